The number of benzene rings is 1. The van der Waals surface area contributed by atoms with Gasteiger partial charge < -0.3 is 19.4 Å². The molecule has 2 N–H and O–H groups in total. The number of nitrogens with zero attached hydrogens (tertiary/aromatic N) is 1. The van der Waals surface area contributed by atoms with E-state index in [1.807, 2.05) is 0 Å². The fourth-order valence-electron chi connectivity index (χ4n) is 1.69. The molecule has 0 aliphatic carbocycles. The number of hydrogen-bond acceptors (Lipinski definition) is 6. The zero-order chi connectivity index (χ0) is 14.5. The van der Waals surface area contributed by atoms with Crippen LogP contribution in [0.5, 0.6) is 0 Å². The first-order chi connectivity index (χ1) is 9.63. The number of ether oxygens (including phenoxy) is 1. The predicted octanol–water partition coefficient (Wildman–Crippen LogP) is 1.62. The molecule has 1 aromatic heterocycles. The maximum atomic E-state index is 11.4. The summed E-state index contributed by atoms with van der Waals surface area (Å²) in [5.74, 6) is -0.770. The molecule has 2 unspecified atom stereocenters. The van der Waals surface area contributed by atoms with Crippen molar-refractivity contribution in [2.75, 3.05) is 6.61 Å². The number of carbonyl (C=O) groups excluding carboxylic acids is 1. The molecule has 1 heterocycles. The highest BCUT2D eigenvalue weighted by Gasteiger charge is 2.26. The smallest absolute Gasteiger partial charge is 0.360 e. The van der Waals surface area contributed by atoms with Crippen LogP contribution < -0.4 is 0 Å². The lowest BCUT2D eigenvalue weighted by Gasteiger charge is -2.14. The van der Waals surface area contributed by atoms with Crippen LogP contribution in [-0.2, 0) is 4.74 Å². The fraction of sp³-hybridized carbons (Fsp3) is 0.286. The number of aromatic nitrogens is 1. The zero-order valence-corrected chi connectivity index (χ0v) is 10.9. The number of esters is 1. The third kappa shape index (κ3) is 3.04. The minimum atomic E-state index is -1.36. The molecule has 0 saturated heterocycles. The van der Waals surface area contributed by atoms with E-state index in [2.05, 4.69) is 4.98 Å². The van der Waals surface area contributed by atoms with Gasteiger partial charge in [0.25, 0.3) is 0 Å². The second-order valence-corrected chi connectivity index (χ2v) is 4.09. The molecule has 0 aliphatic heterocycles. The standard InChI is InChI=1S/C14H15NO5/c1-2-19-14(18)10-8-20-13(15-10)12(17)11(16)9-6-4-3-5-7-9/h3-8,11-12,16-17H,2H2,1H3. The van der Waals surface area contributed by atoms with E-state index < -0.39 is 18.2 Å². The maximum Gasteiger partial charge on any atom is 0.360 e. The van der Waals surface area contributed by atoms with E-state index >= 15 is 0 Å². The van der Waals surface area contributed by atoms with E-state index in [1.54, 1.807) is 37.3 Å². The summed E-state index contributed by atoms with van der Waals surface area (Å²) in [5.41, 5.74) is 0.483. The summed E-state index contributed by atoms with van der Waals surface area (Å²) in [6, 6.07) is 8.62. The van der Waals surface area contributed by atoms with Gasteiger partial charge in [-0.2, -0.15) is 0 Å². The molecule has 1 aromatic carbocycles. The van der Waals surface area contributed by atoms with E-state index in [1.165, 1.54) is 0 Å². The SMILES string of the molecule is CCOC(=O)c1coc(C(O)C(O)c2ccccc2)n1. The highest BCUT2D eigenvalue weighted by molar-refractivity contribution is 5.86. The highest BCUT2D eigenvalue weighted by Crippen LogP contribution is 2.27. The van der Waals surface area contributed by atoms with Gasteiger partial charge in [0.2, 0.25) is 5.89 Å². The van der Waals surface area contributed by atoms with Crippen molar-refractivity contribution >= 4 is 5.97 Å². The lowest BCUT2D eigenvalue weighted by molar-refractivity contribution is 0.000778. The number of aliphatic hydroxyl groups is 2. The Kier molecular flexibility index (Phi) is 4.49. The summed E-state index contributed by atoms with van der Waals surface area (Å²) in [6.45, 7) is 1.89. The lowest BCUT2D eigenvalue weighted by Crippen LogP contribution is -2.11. The first-order valence-corrected chi connectivity index (χ1v) is 6.17. The number of rotatable bonds is 5. The minimum Gasteiger partial charge on any atom is -0.461 e. The first kappa shape index (κ1) is 14.2. The van der Waals surface area contributed by atoms with E-state index in [9.17, 15) is 15.0 Å². The van der Waals surface area contributed by atoms with Gasteiger partial charge in [0, 0.05) is 0 Å². The van der Waals surface area contributed by atoms with Crippen molar-refractivity contribution in [2.24, 2.45) is 0 Å². The van der Waals surface area contributed by atoms with Crippen molar-refractivity contribution < 1.29 is 24.2 Å². The maximum absolute atomic E-state index is 11.4. The molecule has 0 aliphatic rings. The third-order valence-corrected chi connectivity index (χ3v) is 2.70. The van der Waals surface area contributed by atoms with Crippen LogP contribution in [0.4, 0.5) is 0 Å². The normalized spacial score (nSPS) is 13.8. The summed E-state index contributed by atoms with van der Waals surface area (Å²) < 4.78 is 9.78. The Morgan fingerprint density at radius 1 is 1.30 bits per heavy atom. The Labute approximate surface area is 115 Å². The van der Waals surface area contributed by atoms with Crippen molar-refractivity contribution in [3.8, 4) is 0 Å². The van der Waals surface area contributed by atoms with Gasteiger partial charge in [0.05, 0.1) is 6.61 Å². The molecule has 0 spiro atoms. The van der Waals surface area contributed by atoms with Gasteiger partial charge in [-0.3, -0.25) is 0 Å². The van der Waals surface area contributed by atoms with Crippen molar-refractivity contribution in [2.45, 2.75) is 19.1 Å². The van der Waals surface area contributed by atoms with Crippen LogP contribution in [0.2, 0.25) is 0 Å². The molecule has 0 amide bonds. The van der Waals surface area contributed by atoms with Gasteiger partial charge in [0.1, 0.15) is 12.4 Å². The molecular weight excluding hydrogens is 262 g/mol. The molecule has 0 radical (unpaired) electrons. The van der Waals surface area contributed by atoms with Crippen LogP contribution in [0.15, 0.2) is 41.0 Å². The Hall–Kier alpha value is -2.18. The molecule has 2 atom stereocenters. The van der Waals surface area contributed by atoms with Crippen LogP contribution in [0.25, 0.3) is 0 Å². The number of aliphatic hydroxyl groups excluding tert-OH is 2. The van der Waals surface area contributed by atoms with E-state index in [4.69, 9.17) is 9.15 Å². The van der Waals surface area contributed by atoms with Gasteiger partial charge in [-0.25, -0.2) is 9.78 Å². The van der Waals surface area contributed by atoms with Gasteiger partial charge in [-0.05, 0) is 12.5 Å². The number of carbonyl (C=O) groups is 1. The van der Waals surface area contributed by atoms with Crippen LogP contribution in [0.1, 0.15) is 41.1 Å². The molecule has 6 nitrogen and oxygen atoms in total. The molecule has 2 aromatic rings. The average Bonchev–Trinajstić information content (AvgIpc) is 2.97. The van der Waals surface area contributed by atoms with Gasteiger partial charge >= 0.3 is 5.97 Å². The van der Waals surface area contributed by atoms with Crippen molar-refractivity contribution in [1.82, 2.24) is 4.98 Å². The van der Waals surface area contributed by atoms with E-state index in [-0.39, 0.29) is 18.2 Å². The molecular formula is C14H15NO5. The average molecular weight is 277 g/mol. The monoisotopic (exact) mass is 277 g/mol. The van der Waals surface area contributed by atoms with Gasteiger partial charge in [0.15, 0.2) is 11.8 Å². The van der Waals surface area contributed by atoms with Gasteiger partial charge in [-0.1, -0.05) is 30.3 Å². The molecule has 0 saturated carbocycles. The Bertz CT molecular complexity index is 566. The highest BCUT2D eigenvalue weighted by atomic mass is 16.5. The van der Waals surface area contributed by atoms with E-state index in [0.29, 0.717) is 5.56 Å². The molecule has 6 heteroatoms. The fourth-order valence-corrected chi connectivity index (χ4v) is 1.69. The molecule has 0 bridgehead atoms. The van der Waals surface area contributed by atoms with Crippen LogP contribution >= 0.6 is 0 Å². The third-order valence-electron chi connectivity index (χ3n) is 2.70. The van der Waals surface area contributed by atoms with E-state index in [0.717, 1.165) is 6.26 Å². The Morgan fingerprint density at radius 2 is 2.00 bits per heavy atom. The minimum absolute atomic E-state index is 0.0406. The van der Waals surface area contributed by atoms with Crippen LogP contribution in [0.3, 0.4) is 0 Å². The Morgan fingerprint density at radius 3 is 2.65 bits per heavy atom. The summed E-state index contributed by atoms with van der Waals surface area (Å²) in [4.78, 5) is 15.3. The summed E-state index contributed by atoms with van der Waals surface area (Å²) >= 11 is 0. The zero-order valence-electron chi connectivity index (χ0n) is 10.9. The predicted molar refractivity (Wildman–Crippen MR) is 68.8 cm³/mol. The number of hydrogen-bond donors (Lipinski definition) is 2. The van der Waals surface area contributed by atoms with Crippen molar-refractivity contribution in [3.05, 3.63) is 53.7 Å². The second-order valence-electron chi connectivity index (χ2n) is 4.09. The van der Waals surface area contributed by atoms with Gasteiger partial charge in [-0.15, -0.1) is 0 Å². The van der Waals surface area contributed by atoms with Crippen molar-refractivity contribution in [3.63, 3.8) is 0 Å². The first-order valence-electron chi connectivity index (χ1n) is 6.17. The van der Waals surface area contributed by atoms with Crippen molar-refractivity contribution in [1.29, 1.82) is 0 Å². The topological polar surface area (TPSA) is 92.8 Å². The summed E-state index contributed by atoms with van der Waals surface area (Å²) in [6.07, 6.45) is -1.46. The molecule has 20 heavy (non-hydrogen) atoms. The largest absolute Gasteiger partial charge is 0.461 e. The summed E-state index contributed by atoms with van der Waals surface area (Å²) in [5, 5.41) is 20.0. The quantitative estimate of drug-likeness (QED) is 0.807. The lowest BCUT2D eigenvalue weighted by atomic mass is 10.0. The molecule has 2 rings (SSSR count). The molecule has 0 fully saturated rings. The second kappa shape index (κ2) is 6.31. The molecule has 106 valence electrons. The Balaban J connectivity index is 2.13. The number of oxazole rings is 1. The van der Waals surface area contributed by atoms with Crippen LogP contribution in [0, 0.1) is 0 Å². The summed E-state index contributed by atoms with van der Waals surface area (Å²) in [7, 11) is 0. The van der Waals surface area contributed by atoms with Crippen LogP contribution in [-0.4, -0.2) is 27.8 Å².